The van der Waals surface area contributed by atoms with E-state index in [1.807, 2.05) is 64.1 Å². The Balaban J connectivity index is 1.12. The quantitative estimate of drug-likeness (QED) is 0.0395. The maximum absolute atomic E-state index is 14.2. The first-order valence-electron chi connectivity index (χ1n) is 18.1. The molecule has 0 bridgehead atoms. The predicted octanol–water partition coefficient (Wildman–Crippen LogP) is 9.02. The number of imide groups is 1. The van der Waals surface area contributed by atoms with E-state index in [2.05, 4.69) is 4.98 Å². The first-order chi connectivity index (χ1) is 26.8. The van der Waals surface area contributed by atoms with Crippen LogP contribution in [0.2, 0.25) is 0 Å². The van der Waals surface area contributed by atoms with Crippen LogP contribution in [0.3, 0.4) is 0 Å². The van der Waals surface area contributed by atoms with E-state index in [9.17, 15) is 29.3 Å². The summed E-state index contributed by atoms with van der Waals surface area (Å²) in [5.41, 5.74) is 5.61. The Morgan fingerprint density at radius 3 is 1.84 bits per heavy atom. The number of hydrogen-bond donors (Lipinski definition) is 0. The van der Waals surface area contributed by atoms with Gasteiger partial charge in [-0.1, -0.05) is 42.8 Å². The van der Waals surface area contributed by atoms with Gasteiger partial charge in [-0.2, -0.15) is 0 Å². The van der Waals surface area contributed by atoms with E-state index < -0.39 is 16.7 Å². The lowest BCUT2D eigenvalue weighted by Crippen LogP contribution is -2.57. The minimum atomic E-state index is -0.642. The number of fused-ring (bicyclic) bond motifs is 2. The van der Waals surface area contributed by atoms with Crippen LogP contribution in [0, 0.1) is 49.6 Å². The zero-order valence-electron chi connectivity index (χ0n) is 30.9. The number of carbonyl (C=O) groups is 4. The van der Waals surface area contributed by atoms with Crippen LogP contribution in [0.4, 0.5) is 22.7 Å². The summed E-state index contributed by atoms with van der Waals surface area (Å²) in [7, 11) is 0. The lowest BCUT2D eigenvalue weighted by Gasteiger charge is -2.37. The van der Waals surface area contributed by atoms with Crippen LogP contribution in [0.5, 0.6) is 0 Å². The third-order valence-corrected chi connectivity index (χ3v) is 12.8. The number of hydrogen-bond acceptors (Lipinski definition) is 10. The predicted molar refractivity (Wildman–Crippen MR) is 222 cm³/mol. The highest BCUT2D eigenvalue weighted by atomic mass is 32.2. The minimum Gasteiger partial charge on any atom is -0.274 e. The third-order valence-electron chi connectivity index (χ3n) is 10.3. The van der Waals surface area contributed by atoms with Gasteiger partial charge in [-0.3, -0.25) is 44.0 Å². The van der Waals surface area contributed by atoms with E-state index in [0.717, 1.165) is 64.4 Å². The number of benzene rings is 4. The fourth-order valence-electron chi connectivity index (χ4n) is 7.95. The summed E-state index contributed by atoms with van der Waals surface area (Å²) < 4.78 is 1.26. The fourth-order valence-corrected chi connectivity index (χ4v) is 10.5. The van der Waals surface area contributed by atoms with Gasteiger partial charge in [-0.15, -0.1) is 11.3 Å². The monoisotopic (exact) mass is 801 g/mol. The molecule has 2 aliphatic heterocycles. The molecule has 0 spiro atoms. The largest absolute Gasteiger partial charge is 0.283 e. The van der Waals surface area contributed by atoms with E-state index in [0.29, 0.717) is 31.8 Å². The fraction of sp³-hybridized carbons (Fsp3) is 0.238. The van der Waals surface area contributed by atoms with Crippen molar-refractivity contribution in [2.24, 2.45) is 11.8 Å². The molecule has 0 N–H and O–H groups in total. The topological polar surface area (TPSA) is 134 Å². The summed E-state index contributed by atoms with van der Waals surface area (Å²) >= 11 is 8.25. The minimum absolute atomic E-state index is 0.00414. The molecule has 5 aromatic rings. The zero-order valence-corrected chi connectivity index (χ0v) is 33.3. The first kappa shape index (κ1) is 37.4. The van der Waals surface area contributed by atoms with Crippen LogP contribution in [-0.2, 0) is 19.2 Å². The van der Waals surface area contributed by atoms with Gasteiger partial charge in [-0.25, -0.2) is 4.98 Å². The average Bonchev–Trinajstić information content (AvgIpc) is 3.65. The molecule has 1 aromatic heterocycles. The molecule has 14 heteroatoms. The summed E-state index contributed by atoms with van der Waals surface area (Å²) in [6.45, 7) is 7.63. The first-order valence-corrected chi connectivity index (χ1v) is 20.2. The van der Waals surface area contributed by atoms with Gasteiger partial charge in [-0.05, 0) is 135 Å². The molecule has 3 heterocycles. The van der Waals surface area contributed by atoms with Crippen LogP contribution >= 0.6 is 35.3 Å². The summed E-state index contributed by atoms with van der Waals surface area (Å²) in [6.07, 6.45) is 4.70. The maximum atomic E-state index is 14.2. The Hall–Kier alpha value is -5.57. The molecule has 8 rings (SSSR count). The van der Waals surface area contributed by atoms with Crippen molar-refractivity contribution in [2.75, 3.05) is 14.7 Å². The highest BCUT2D eigenvalue weighted by molar-refractivity contribution is 8.01. The second kappa shape index (κ2) is 14.5. The number of aromatic nitrogens is 1. The van der Waals surface area contributed by atoms with Crippen molar-refractivity contribution in [2.45, 2.75) is 62.6 Å². The van der Waals surface area contributed by atoms with E-state index in [4.69, 9.17) is 12.2 Å². The summed E-state index contributed by atoms with van der Waals surface area (Å²) in [6, 6.07) is 21.0. The van der Waals surface area contributed by atoms with Crippen molar-refractivity contribution in [3.8, 4) is 0 Å². The molecule has 282 valence electrons. The van der Waals surface area contributed by atoms with E-state index >= 15 is 0 Å². The van der Waals surface area contributed by atoms with Crippen LogP contribution in [0.15, 0.2) is 87.6 Å². The highest BCUT2D eigenvalue weighted by Crippen LogP contribution is 2.43. The molecular weight excluding hydrogens is 767 g/mol. The Kier molecular flexibility index (Phi) is 9.67. The van der Waals surface area contributed by atoms with Gasteiger partial charge >= 0.3 is 0 Å². The number of aryl methyl sites for hydroxylation is 4. The van der Waals surface area contributed by atoms with Gasteiger partial charge in [0.15, 0.2) is 9.45 Å². The Labute approximate surface area is 336 Å². The highest BCUT2D eigenvalue weighted by Gasteiger charge is 2.49. The number of anilines is 3. The zero-order chi connectivity index (χ0) is 39.6. The molecule has 1 aliphatic carbocycles. The van der Waals surface area contributed by atoms with Gasteiger partial charge in [0.2, 0.25) is 11.8 Å². The summed E-state index contributed by atoms with van der Waals surface area (Å²) in [5, 5.41) is 12.5. The second-order valence-electron chi connectivity index (χ2n) is 14.5. The van der Waals surface area contributed by atoms with Crippen molar-refractivity contribution in [3.63, 3.8) is 0 Å². The van der Waals surface area contributed by atoms with Gasteiger partial charge < -0.3 is 0 Å². The molecule has 2 saturated heterocycles. The molecule has 0 radical (unpaired) electrons. The molecule has 0 unspecified atom stereocenters. The van der Waals surface area contributed by atoms with Crippen LogP contribution in [0.25, 0.3) is 16.3 Å². The smallest absolute Gasteiger partial charge is 0.274 e. The molecule has 11 nitrogen and oxygen atoms in total. The standard InChI is InChI=1S/C42H35N5O6S3/c1-22-13-23(2)16-28(15-22)45-39(50)32(40(51)46(42(45)54)29-17-24(3)14-25(4)18-29)19-26-9-12-35(34(20-26)47(52)53)55-41-43-33-11-10-27(21-36(33)56-41)44-37(48)30-7-5-6-8-31(30)38(44)49/h9-21,30-31H,5-8H2,1-4H3/t30-,31-/m1/s1. The number of amides is 4. The molecule has 3 fully saturated rings. The van der Waals surface area contributed by atoms with Crippen LogP contribution in [0.1, 0.15) is 53.5 Å². The van der Waals surface area contributed by atoms with Gasteiger partial charge in [0, 0.05) is 6.07 Å². The normalized spacial score (nSPS) is 18.7. The number of rotatable bonds is 7. The number of nitro benzene ring substituents is 1. The lowest BCUT2D eigenvalue weighted by atomic mass is 9.81. The number of carbonyl (C=O) groups excluding carboxylic acids is 4. The Morgan fingerprint density at radius 1 is 0.750 bits per heavy atom. The third kappa shape index (κ3) is 6.71. The molecule has 1 saturated carbocycles. The van der Waals surface area contributed by atoms with Crippen LogP contribution in [-0.4, -0.2) is 38.6 Å². The number of thiocarbonyl (C=S) groups is 1. The van der Waals surface area contributed by atoms with Crippen molar-refractivity contribution >= 4 is 103 Å². The van der Waals surface area contributed by atoms with Gasteiger partial charge in [0.05, 0.1) is 48.9 Å². The molecule has 2 atom stereocenters. The van der Waals surface area contributed by atoms with Crippen molar-refractivity contribution in [1.29, 1.82) is 0 Å². The molecule has 56 heavy (non-hydrogen) atoms. The average molecular weight is 802 g/mol. The number of nitrogens with zero attached hydrogens (tertiary/aromatic N) is 5. The molecule has 3 aliphatic rings. The van der Waals surface area contributed by atoms with Crippen LogP contribution < -0.4 is 14.7 Å². The SMILES string of the molecule is Cc1cc(C)cc(N2C(=O)C(=Cc3ccc(Sc4nc5ccc(N6C(=O)[C@@H]7CCCC[C@H]7C6=O)cc5s4)c([N+](=O)[O-])c3)C(=O)N(c3cc(C)cc(C)c3)C2=S)c1. The van der Waals surface area contributed by atoms with Gasteiger partial charge in [0.1, 0.15) is 5.57 Å². The summed E-state index contributed by atoms with van der Waals surface area (Å²) in [5.74, 6) is -2.12. The van der Waals surface area contributed by atoms with Crippen molar-refractivity contribution < 1.29 is 24.1 Å². The van der Waals surface area contributed by atoms with E-state index in [-0.39, 0.29) is 45.6 Å². The molecular formula is C42H35N5O6S3. The van der Waals surface area contributed by atoms with Gasteiger partial charge in [0.25, 0.3) is 17.5 Å². The van der Waals surface area contributed by atoms with Crippen molar-refractivity contribution in [3.05, 3.63) is 116 Å². The molecule has 4 aromatic carbocycles. The van der Waals surface area contributed by atoms with Crippen molar-refractivity contribution in [1.82, 2.24) is 4.98 Å². The lowest BCUT2D eigenvalue weighted by molar-refractivity contribution is -0.387. The second-order valence-corrected chi connectivity index (χ2v) is 17.2. The van der Waals surface area contributed by atoms with E-state index in [1.165, 1.54) is 38.2 Å². The number of nitro groups is 1. The Morgan fingerprint density at radius 2 is 1.30 bits per heavy atom. The molecule has 4 amide bonds. The van der Waals surface area contributed by atoms with E-state index in [1.54, 1.807) is 30.3 Å². The Bertz CT molecular complexity index is 2460. The maximum Gasteiger partial charge on any atom is 0.283 e. The number of thiazole rings is 1. The summed E-state index contributed by atoms with van der Waals surface area (Å²) in [4.78, 5) is 75.9.